The van der Waals surface area contributed by atoms with E-state index in [2.05, 4.69) is 26.8 Å². The first-order chi connectivity index (χ1) is 7.63. The van der Waals surface area contributed by atoms with Crippen molar-refractivity contribution in [2.24, 2.45) is 0 Å². The molecule has 0 amide bonds. The predicted octanol–water partition coefficient (Wildman–Crippen LogP) is 3.74. The minimum absolute atomic E-state index is 0.0109. The molecule has 0 bridgehead atoms. The molecule has 0 fully saturated rings. The highest BCUT2D eigenvalue weighted by Crippen LogP contribution is 2.43. The molecular formula is C14H25NOSi. The van der Waals surface area contributed by atoms with Crippen molar-refractivity contribution in [1.82, 2.24) is 0 Å². The van der Waals surface area contributed by atoms with Gasteiger partial charge >= 0.3 is 0 Å². The van der Waals surface area contributed by atoms with E-state index in [0.29, 0.717) is 5.92 Å². The third kappa shape index (κ3) is 3.58. The van der Waals surface area contributed by atoms with Crippen LogP contribution >= 0.6 is 0 Å². The third-order valence-corrected chi connectivity index (χ3v) is 7.47. The van der Waals surface area contributed by atoms with Crippen molar-refractivity contribution in [3.05, 3.63) is 29.8 Å². The lowest BCUT2D eigenvalue weighted by Crippen LogP contribution is -2.39. The maximum atomic E-state index is 10.3. The number of hydrogen-bond acceptors (Lipinski definition) is 2. The fraction of sp³-hybridized carbons (Fsp3) is 0.571. The summed E-state index contributed by atoms with van der Waals surface area (Å²) < 4.78 is 0. The molecule has 0 radical (unpaired) electrons. The number of nitrogens with two attached hydrogens (primary N) is 1. The second-order valence-electron chi connectivity index (χ2n) is 6.22. The number of anilines is 1. The summed E-state index contributed by atoms with van der Waals surface area (Å²) in [7, 11) is -2.13. The number of hydrogen-bond donors (Lipinski definition) is 2. The highest BCUT2D eigenvalue weighted by Gasteiger charge is 2.38. The molecule has 0 aliphatic heterocycles. The first-order valence-electron chi connectivity index (χ1n) is 6.21. The van der Waals surface area contributed by atoms with Gasteiger partial charge in [-0.15, -0.1) is 0 Å². The van der Waals surface area contributed by atoms with E-state index in [1.54, 1.807) is 0 Å². The number of benzene rings is 1. The largest absolute Gasteiger partial charge is 0.432 e. The van der Waals surface area contributed by atoms with Gasteiger partial charge in [0, 0.05) is 5.69 Å². The van der Waals surface area contributed by atoms with Gasteiger partial charge in [-0.25, -0.2) is 0 Å². The highest BCUT2D eigenvalue weighted by atomic mass is 28.4. The van der Waals surface area contributed by atoms with Crippen LogP contribution in [0.25, 0.3) is 0 Å². The van der Waals surface area contributed by atoms with Gasteiger partial charge in [-0.2, -0.15) is 0 Å². The average molecular weight is 251 g/mol. The molecule has 0 spiro atoms. The monoisotopic (exact) mass is 251 g/mol. The van der Waals surface area contributed by atoms with Crippen LogP contribution in [0.5, 0.6) is 0 Å². The molecule has 0 saturated carbocycles. The summed E-state index contributed by atoms with van der Waals surface area (Å²) in [5.74, 6) is 0.424. The van der Waals surface area contributed by atoms with Crippen molar-refractivity contribution in [3.8, 4) is 0 Å². The molecule has 0 aromatic heterocycles. The van der Waals surface area contributed by atoms with Crippen molar-refractivity contribution in [3.63, 3.8) is 0 Å². The van der Waals surface area contributed by atoms with Crippen LogP contribution in [0.1, 0.15) is 38.7 Å². The van der Waals surface area contributed by atoms with Crippen LogP contribution < -0.4 is 5.73 Å². The lowest BCUT2D eigenvalue weighted by atomic mass is 9.91. The van der Waals surface area contributed by atoms with Crippen LogP contribution in [0.4, 0.5) is 5.69 Å². The van der Waals surface area contributed by atoms with Crippen LogP contribution in [0.2, 0.25) is 18.1 Å². The van der Waals surface area contributed by atoms with Crippen molar-refractivity contribution in [2.75, 3.05) is 5.73 Å². The molecule has 0 aliphatic carbocycles. The van der Waals surface area contributed by atoms with Gasteiger partial charge in [-0.05, 0) is 48.2 Å². The van der Waals surface area contributed by atoms with E-state index in [-0.39, 0.29) is 5.04 Å². The molecule has 3 N–H and O–H groups in total. The summed E-state index contributed by atoms with van der Waals surface area (Å²) in [5.41, 5.74) is 7.88. The number of rotatable bonds is 4. The Labute approximate surface area is 106 Å². The third-order valence-electron chi connectivity index (χ3n) is 3.95. The Morgan fingerprint density at radius 3 is 2.41 bits per heavy atom. The molecule has 96 valence electrons. The Balaban J connectivity index is 2.83. The molecule has 17 heavy (non-hydrogen) atoms. The lowest BCUT2D eigenvalue weighted by Gasteiger charge is -2.37. The fourth-order valence-electron chi connectivity index (χ4n) is 2.00. The zero-order valence-corrected chi connectivity index (χ0v) is 12.6. The molecule has 1 aromatic carbocycles. The topological polar surface area (TPSA) is 46.2 Å². The van der Waals surface area contributed by atoms with Gasteiger partial charge in [-0.3, -0.25) is 0 Å². The van der Waals surface area contributed by atoms with Crippen molar-refractivity contribution >= 4 is 14.0 Å². The normalized spacial score (nSPS) is 14.7. The molecule has 1 rings (SSSR count). The van der Waals surface area contributed by atoms with Crippen LogP contribution in [-0.2, 0) is 0 Å². The molecule has 1 aromatic rings. The zero-order valence-electron chi connectivity index (χ0n) is 11.6. The summed E-state index contributed by atoms with van der Waals surface area (Å²) in [6.45, 7) is 10.6. The second kappa shape index (κ2) is 4.82. The van der Waals surface area contributed by atoms with E-state index < -0.39 is 8.32 Å². The summed E-state index contributed by atoms with van der Waals surface area (Å²) in [4.78, 5) is 10.3. The maximum absolute atomic E-state index is 10.3. The summed E-state index contributed by atoms with van der Waals surface area (Å²) in [5, 5.41) is 0.0109. The van der Waals surface area contributed by atoms with Crippen LogP contribution in [0.15, 0.2) is 24.3 Å². The lowest BCUT2D eigenvalue weighted by molar-refractivity contribution is 0.431. The van der Waals surface area contributed by atoms with Crippen LogP contribution in [0, 0.1) is 0 Å². The molecule has 2 nitrogen and oxygen atoms in total. The van der Waals surface area contributed by atoms with E-state index >= 15 is 0 Å². The van der Waals surface area contributed by atoms with Gasteiger partial charge in [0.25, 0.3) is 0 Å². The van der Waals surface area contributed by atoms with Crippen LogP contribution in [-0.4, -0.2) is 13.1 Å². The van der Waals surface area contributed by atoms with E-state index in [1.807, 2.05) is 31.3 Å². The van der Waals surface area contributed by atoms with Gasteiger partial charge in [0.15, 0.2) is 8.32 Å². The smallest absolute Gasteiger partial charge is 0.188 e. The highest BCUT2D eigenvalue weighted by molar-refractivity contribution is 6.72. The summed E-state index contributed by atoms with van der Waals surface area (Å²) >= 11 is 0. The minimum atomic E-state index is -2.13. The van der Waals surface area contributed by atoms with Crippen molar-refractivity contribution in [2.45, 2.75) is 51.2 Å². The Morgan fingerprint density at radius 2 is 1.94 bits per heavy atom. The molecule has 3 heteroatoms. The zero-order chi connectivity index (χ0) is 13.3. The average Bonchev–Trinajstić information content (AvgIpc) is 2.15. The van der Waals surface area contributed by atoms with E-state index in [1.165, 1.54) is 5.56 Å². The van der Waals surface area contributed by atoms with Gasteiger partial charge in [0.2, 0.25) is 0 Å². The summed E-state index contributed by atoms with van der Waals surface area (Å²) in [6, 6.07) is 8.05. The van der Waals surface area contributed by atoms with Crippen LogP contribution in [0.3, 0.4) is 0 Å². The van der Waals surface area contributed by atoms with Gasteiger partial charge in [0.05, 0.1) is 0 Å². The maximum Gasteiger partial charge on any atom is 0.188 e. The van der Waals surface area contributed by atoms with E-state index in [0.717, 1.165) is 12.1 Å². The van der Waals surface area contributed by atoms with E-state index in [4.69, 9.17) is 5.73 Å². The molecule has 0 heterocycles. The van der Waals surface area contributed by atoms with Crippen molar-refractivity contribution in [1.29, 1.82) is 0 Å². The van der Waals surface area contributed by atoms with Gasteiger partial charge in [-0.1, -0.05) is 32.9 Å². The van der Waals surface area contributed by atoms with Gasteiger partial charge < -0.3 is 10.5 Å². The standard InChI is InChI=1S/C14H25NOSi/c1-11(10-14(2,3)17(4,5)16)12-7-6-8-13(15)9-12/h6-9,11,16H,10,15H2,1-5H3. The Bertz CT molecular complexity index is 382. The fourth-order valence-corrected chi connectivity index (χ4v) is 2.80. The first-order valence-corrected chi connectivity index (χ1v) is 9.16. The predicted molar refractivity (Wildman–Crippen MR) is 77.6 cm³/mol. The summed E-state index contributed by atoms with van der Waals surface area (Å²) in [6.07, 6.45) is 0.992. The molecule has 1 unspecified atom stereocenters. The Hall–Kier alpha value is -0.803. The molecule has 0 saturated heterocycles. The second-order valence-corrected chi connectivity index (χ2v) is 10.7. The first kappa shape index (κ1) is 14.3. The quantitative estimate of drug-likeness (QED) is 0.632. The number of nitrogen functional groups attached to an aromatic ring is 1. The van der Waals surface area contributed by atoms with E-state index in [9.17, 15) is 4.80 Å². The molecular weight excluding hydrogens is 226 g/mol. The minimum Gasteiger partial charge on any atom is -0.432 e. The van der Waals surface area contributed by atoms with Gasteiger partial charge in [0.1, 0.15) is 0 Å². The Kier molecular flexibility index (Phi) is 4.05. The molecule has 0 aliphatic rings. The SMILES string of the molecule is CC(CC(C)(C)[Si](C)(C)O)c1cccc(N)c1. The Morgan fingerprint density at radius 1 is 1.35 bits per heavy atom. The van der Waals surface area contributed by atoms with Crippen molar-refractivity contribution < 1.29 is 4.80 Å². The molecule has 1 atom stereocenters.